The molecule has 0 unspecified atom stereocenters. The number of amides is 3. The number of likely N-dealkylation sites (N-methyl/N-ethyl adjacent to an activating group) is 2. The molecule has 9 heteroatoms. The standard InChI is InChI=1S/C23H36N4O5/c1-15-11-27(22(29)13-25(4)5)16(2)14-32-20-10-18(24-17(3)28)8-9-19(20)23(30)26(6)12-21(15)31-7/h8-10,15-16,21H,11-14H2,1-7H3,(H,24,28)/t15-,16+,21-/m1/s1. The molecular formula is C23H36N4O5. The summed E-state index contributed by atoms with van der Waals surface area (Å²) in [4.78, 5) is 42.9. The highest BCUT2D eigenvalue weighted by molar-refractivity contribution is 5.98. The van der Waals surface area contributed by atoms with E-state index in [-0.39, 0.29) is 48.9 Å². The molecule has 1 aromatic carbocycles. The van der Waals surface area contributed by atoms with Gasteiger partial charge >= 0.3 is 0 Å². The zero-order valence-corrected chi connectivity index (χ0v) is 20.2. The van der Waals surface area contributed by atoms with Crippen molar-refractivity contribution < 1.29 is 23.9 Å². The van der Waals surface area contributed by atoms with Gasteiger partial charge in [0, 0.05) is 51.8 Å². The average Bonchev–Trinajstić information content (AvgIpc) is 2.71. The van der Waals surface area contributed by atoms with Crippen molar-refractivity contribution in [2.45, 2.75) is 32.9 Å². The highest BCUT2D eigenvalue weighted by atomic mass is 16.5. The van der Waals surface area contributed by atoms with Gasteiger partial charge in [-0.1, -0.05) is 6.92 Å². The summed E-state index contributed by atoms with van der Waals surface area (Å²) in [7, 11) is 7.06. The van der Waals surface area contributed by atoms with Gasteiger partial charge in [0.25, 0.3) is 5.91 Å². The second-order valence-electron chi connectivity index (χ2n) is 8.77. The summed E-state index contributed by atoms with van der Waals surface area (Å²) < 4.78 is 11.8. The van der Waals surface area contributed by atoms with Crippen LogP contribution in [0.15, 0.2) is 18.2 Å². The van der Waals surface area contributed by atoms with Gasteiger partial charge in [-0.15, -0.1) is 0 Å². The van der Waals surface area contributed by atoms with Gasteiger partial charge in [0.2, 0.25) is 11.8 Å². The predicted octanol–water partition coefficient (Wildman–Crippen LogP) is 1.54. The van der Waals surface area contributed by atoms with Crippen molar-refractivity contribution in [2.75, 3.05) is 59.8 Å². The van der Waals surface area contributed by atoms with Gasteiger partial charge in [0.1, 0.15) is 12.4 Å². The fourth-order valence-electron chi connectivity index (χ4n) is 3.76. The molecule has 9 nitrogen and oxygen atoms in total. The molecule has 0 aromatic heterocycles. The van der Waals surface area contributed by atoms with Crippen molar-refractivity contribution >= 4 is 23.4 Å². The van der Waals surface area contributed by atoms with Crippen molar-refractivity contribution in [3.63, 3.8) is 0 Å². The van der Waals surface area contributed by atoms with Crippen molar-refractivity contribution in [3.8, 4) is 5.75 Å². The summed E-state index contributed by atoms with van der Waals surface area (Å²) in [5, 5.41) is 2.72. The second kappa shape index (κ2) is 11.3. The number of benzene rings is 1. The first-order valence-electron chi connectivity index (χ1n) is 10.8. The predicted molar refractivity (Wildman–Crippen MR) is 123 cm³/mol. The minimum absolute atomic E-state index is 0.00140. The van der Waals surface area contributed by atoms with Crippen LogP contribution in [-0.4, -0.2) is 99.1 Å². The van der Waals surface area contributed by atoms with Crippen molar-refractivity contribution in [1.29, 1.82) is 0 Å². The molecule has 178 valence electrons. The molecule has 0 fully saturated rings. The van der Waals surface area contributed by atoms with E-state index in [0.29, 0.717) is 30.1 Å². The van der Waals surface area contributed by atoms with Crippen LogP contribution in [0.1, 0.15) is 31.1 Å². The van der Waals surface area contributed by atoms with Crippen LogP contribution < -0.4 is 10.1 Å². The SMILES string of the molecule is CO[C@@H]1CN(C)C(=O)c2ccc(NC(C)=O)cc2OC[C@H](C)N(C(=O)CN(C)C)C[C@H]1C. The van der Waals surface area contributed by atoms with Gasteiger partial charge < -0.3 is 29.5 Å². The van der Waals surface area contributed by atoms with E-state index in [1.54, 1.807) is 37.3 Å². The Balaban J connectivity index is 2.45. The van der Waals surface area contributed by atoms with E-state index in [2.05, 4.69) is 5.32 Å². The Morgan fingerprint density at radius 3 is 2.53 bits per heavy atom. The quantitative estimate of drug-likeness (QED) is 0.751. The number of ether oxygens (including phenoxy) is 2. The third kappa shape index (κ3) is 6.67. The van der Waals surface area contributed by atoms with E-state index in [1.807, 2.05) is 37.7 Å². The molecular weight excluding hydrogens is 412 g/mol. The Morgan fingerprint density at radius 2 is 1.94 bits per heavy atom. The van der Waals surface area contributed by atoms with Crippen molar-refractivity contribution in [2.24, 2.45) is 5.92 Å². The van der Waals surface area contributed by atoms with Crippen LogP contribution in [0.2, 0.25) is 0 Å². The molecule has 0 saturated heterocycles. The highest BCUT2D eigenvalue weighted by Gasteiger charge is 2.30. The van der Waals surface area contributed by atoms with E-state index in [9.17, 15) is 14.4 Å². The third-order valence-corrected chi connectivity index (χ3v) is 5.54. The topological polar surface area (TPSA) is 91.4 Å². The zero-order valence-electron chi connectivity index (χ0n) is 20.2. The first-order valence-corrected chi connectivity index (χ1v) is 10.8. The average molecular weight is 449 g/mol. The van der Waals surface area contributed by atoms with Gasteiger partial charge in [0.05, 0.1) is 24.3 Å². The van der Waals surface area contributed by atoms with E-state index < -0.39 is 0 Å². The molecule has 0 spiro atoms. The Hall–Kier alpha value is -2.65. The van der Waals surface area contributed by atoms with Crippen LogP contribution in [0.25, 0.3) is 0 Å². The summed E-state index contributed by atoms with van der Waals surface area (Å²) in [5.41, 5.74) is 0.929. The van der Waals surface area contributed by atoms with Crippen LogP contribution in [-0.2, 0) is 14.3 Å². The molecule has 0 aliphatic carbocycles. The van der Waals surface area contributed by atoms with E-state index in [1.165, 1.54) is 6.92 Å². The number of nitrogens with zero attached hydrogens (tertiary/aromatic N) is 3. The number of rotatable bonds is 4. The fraction of sp³-hybridized carbons (Fsp3) is 0.609. The maximum Gasteiger partial charge on any atom is 0.257 e. The number of carbonyl (C=O) groups excluding carboxylic acids is 3. The Morgan fingerprint density at radius 1 is 1.25 bits per heavy atom. The molecule has 0 bridgehead atoms. The van der Waals surface area contributed by atoms with Crippen LogP contribution in [0.5, 0.6) is 5.75 Å². The largest absolute Gasteiger partial charge is 0.491 e. The van der Waals surface area contributed by atoms with Gasteiger partial charge in [-0.3, -0.25) is 14.4 Å². The first kappa shape index (κ1) is 25.6. The lowest BCUT2D eigenvalue weighted by atomic mass is 10.0. The lowest BCUT2D eigenvalue weighted by Crippen LogP contribution is -2.50. The smallest absolute Gasteiger partial charge is 0.257 e. The Bertz CT molecular complexity index is 829. The molecule has 1 aromatic rings. The van der Waals surface area contributed by atoms with E-state index >= 15 is 0 Å². The van der Waals surface area contributed by atoms with Crippen molar-refractivity contribution in [1.82, 2.24) is 14.7 Å². The Kier molecular flexibility index (Phi) is 9.03. The normalized spacial score (nSPS) is 22.5. The number of methoxy groups -OCH3 is 1. The van der Waals surface area contributed by atoms with Crippen LogP contribution >= 0.6 is 0 Å². The van der Waals surface area contributed by atoms with Crippen LogP contribution in [0, 0.1) is 5.92 Å². The number of hydrogen-bond donors (Lipinski definition) is 1. The number of nitrogens with one attached hydrogen (secondary N) is 1. The highest BCUT2D eigenvalue weighted by Crippen LogP contribution is 2.27. The summed E-state index contributed by atoms with van der Waals surface area (Å²) in [6.45, 7) is 6.72. The monoisotopic (exact) mass is 448 g/mol. The van der Waals surface area contributed by atoms with E-state index in [4.69, 9.17) is 9.47 Å². The number of hydrogen-bond acceptors (Lipinski definition) is 6. The minimum Gasteiger partial charge on any atom is -0.491 e. The number of fused-ring (bicyclic) bond motifs is 1. The van der Waals surface area contributed by atoms with Gasteiger partial charge in [-0.25, -0.2) is 0 Å². The summed E-state index contributed by atoms with van der Waals surface area (Å²) >= 11 is 0. The lowest BCUT2D eigenvalue weighted by molar-refractivity contribution is -0.136. The summed E-state index contributed by atoms with van der Waals surface area (Å²) in [6, 6.07) is 4.74. The molecule has 0 saturated carbocycles. The first-order chi connectivity index (χ1) is 15.0. The molecule has 1 heterocycles. The van der Waals surface area contributed by atoms with Gasteiger partial charge in [0.15, 0.2) is 0 Å². The zero-order chi connectivity index (χ0) is 24.0. The second-order valence-corrected chi connectivity index (χ2v) is 8.77. The van der Waals surface area contributed by atoms with Crippen LogP contribution in [0.3, 0.4) is 0 Å². The molecule has 1 aliphatic rings. The molecule has 0 radical (unpaired) electrons. The molecule has 2 rings (SSSR count). The molecule has 3 atom stereocenters. The summed E-state index contributed by atoms with van der Waals surface area (Å²) in [5.74, 6) is -0.0430. The molecule has 3 amide bonds. The number of carbonyl (C=O) groups is 3. The molecule has 1 aliphatic heterocycles. The van der Waals surface area contributed by atoms with E-state index in [0.717, 1.165) is 0 Å². The van der Waals surface area contributed by atoms with Crippen molar-refractivity contribution in [3.05, 3.63) is 23.8 Å². The van der Waals surface area contributed by atoms with Gasteiger partial charge in [-0.05, 0) is 33.2 Å². The van der Waals surface area contributed by atoms with Gasteiger partial charge in [-0.2, -0.15) is 0 Å². The van der Waals surface area contributed by atoms with Crippen LogP contribution in [0.4, 0.5) is 5.69 Å². The summed E-state index contributed by atoms with van der Waals surface area (Å²) in [6.07, 6.45) is -0.242. The lowest BCUT2D eigenvalue weighted by Gasteiger charge is -2.36. The minimum atomic E-state index is -0.242. The molecule has 32 heavy (non-hydrogen) atoms. The number of anilines is 1. The third-order valence-electron chi connectivity index (χ3n) is 5.54. The maximum atomic E-state index is 13.2. The fourth-order valence-corrected chi connectivity index (χ4v) is 3.76. The molecule has 1 N–H and O–H groups in total. The Labute approximate surface area is 190 Å². The maximum absolute atomic E-state index is 13.2.